The molecule has 2 bridgehead atoms. The Kier molecular flexibility index (Phi) is 2.97. The first kappa shape index (κ1) is 13.7. The van der Waals surface area contributed by atoms with Crippen molar-refractivity contribution < 1.29 is 4.79 Å². The van der Waals surface area contributed by atoms with Gasteiger partial charge in [-0.1, -0.05) is 6.92 Å². The molecule has 3 fully saturated rings. The van der Waals surface area contributed by atoms with E-state index in [-0.39, 0.29) is 5.91 Å². The van der Waals surface area contributed by atoms with Crippen LogP contribution in [0.5, 0.6) is 0 Å². The molecule has 22 heavy (non-hydrogen) atoms. The number of nitrogens with one attached hydrogen (secondary N) is 1. The van der Waals surface area contributed by atoms with E-state index in [1.165, 1.54) is 6.42 Å². The number of likely N-dealkylation sites (N-methyl/N-ethyl adjacent to an activating group) is 1. The molecule has 4 heterocycles. The van der Waals surface area contributed by atoms with E-state index in [0.717, 1.165) is 30.1 Å². The largest absolute Gasteiger partial charge is 0.347 e. The second kappa shape index (κ2) is 4.78. The second-order valence-electron chi connectivity index (χ2n) is 6.41. The minimum Gasteiger partial charge on any atom is -0.347 e. The predicted octanol–water partition coefficient (Wildman–Crippen LogP) is 1.17. The van der Waals surface area contributed by atoms with E-state index >= 15 is 0 Å². The van der Waals surface area contributed by atoms with Crippen LogP contribution < -0.4 is 5.32 Å². The molecule has 2 saturated heterocycles. The lowest BCUT2D eigenvalue weighted by Crippen LogP contribution is -2.54. The van der Waals surface area contributed by atoms with Crippen molar-refractivity contribution in [2.75, 3.05) is 13.1 Å². The van der Waals surface area contributed by atoms with Gasteiger partial charge in [0.05, 0.1) is 23.1 Å². The van der Waals surface area contributed by atoms with Gasteiger partial charge in [0.1, 0.15) is 0 Å². The fourth-order valence-corrected chi connectivity index (χ4v) is 4.09. The molecule has 1 amide bonds. The third-order valence-electron chi connectivity index (χ3n) is 5.28. The number of hydrogen-bond donors (Lipinski definition) is 1. The predicted molar refractivity (Wildman–Crippen MR) is 82.9 cm³/mol. The molecule has 2 aliphatic heterocycles. The highest BCUT2D eigenvalue weighted by molar-refractivity contribution is 5.96. The topological polar surface area (TPSA) is 62.5 Å². The van der Waals surface area contributed by atoms with Gasteiger partial charge in [-0.05, 0) is 32.7 Å². The third kappa shape index (κ3) is 1.80. The second-order valence-corrected chi connectivity index (χ2v) is 6.41. The number of aryl methyl sites for hydroxylation is 2. The molecule has 2 aromatic rings. The van der Waals surface area contributed by atoms with Gasteiger partial charge in [-0.15, -0.1) is 0 Å². The summed E-state index contributed by atoms with van der Waals surface area (Å²) in [5.41, 5.74) is 3.06. The minimum absolute atomic E-state index is 0.0162. The molecule has 3 unspecified atom stereocenters. The molecule has 0 radical (unpaired) electrons. The maximum Gasteiger partial charge on any atom is 0.255 e. The van der Waals surface area contributed by atoms with Crippen molar-refractivity contribution in [3.8, 4) is 0 Å². The number of hydrogen-bond acceptors (Lipinski definition) is 4. The monoisotopic (exact) mass is 299 g/mol. The Bertz CT molecular complexity index is 752. The van der Waals surface area contributed by atoms with Crippen molar-refractivity contribution in [3.05, 3.63) is 29.2 Å². The Morgan fingerprint density at radius 2 is 2.27 bits per heavy atom. The number of nitrogens with zero attached hydrogens (tertiary/aromatic N) is 4. The maximum atomic E-state index is 12.8. The number of rotatable bonds is 3. The van der Waals surface area contributed by atoms with Crippen molar-refractivity contribution in [3.63, 3.8) is 0 Å². The Hall–Kier alpha value is -1.95. The molecule has 6 nitrogen and oxygen atoms in total. The van der Waals surface area contributed by atoms with E-state index < -0.39 is 0 Å². The number of carbonyl (C=O) groups is 1. The van der Waals surface area contributed by atoms with E-state index in [1.54, 1.807) is 10.7 Å². The SMILES string of the molecule is CCN1CC2CC1C2NC(=O)c1c(C)nc2ccnn2c1C. The molecule has 1 N–H and O–H groups in total. The Morgan fingerprint density at radius 1 is 1.45 bits per heavy atom. The number of aromatic nitrogens is 3. The first-order chi connectivity index (χ1) is 10.6. The van der Waals surface area contributed by atoms with Gasteiger partial charge in [-0.3, -0.25) is 9.69 Å². The molecule has 116 valence electrons. The Morgan fingerprint density at radius 3 is 3.00 bits per heavy atom. The normalized spacial score (nSPS) is 27.1. The van der Waals surface area contributed by atoms with Crippen molar-refractivity contribution in [1.29, 1.82) is 0 Å². The zero-order valence-corrected chi connectivity index (χ0v) is 13.2. The van der Waals surface area contributed by atoms with Crippen LogP contribution in [0, 0.1) is 19.8 Å². The molecule has 3 aliphatic rings. The van der Waals surface area contributed by atoms with Crippen LogP contribution in [0.1, 0.15) is 35.1 Å². The lowest BCUT2D eigenvalue weighted by molar-refractivity contribution is 0.0867. The molecule has 1 saturated carbocycles. The van der Waals surface area contributed by atoms with Gasteiger partial charge >= 0.3 is 0 Å². The van der Waals surface area contributed by atoms with Crippen molar-refractivity contribution in [2.45, 2.75) is 39.3 Å². The first-order valence-electron chi connectivity index (χ1n) is 7.96. The standard InChI is InChI=1S/C16H21N5O/c1-4-20-8-11-7-12(20)15(11)19-16(22)14-9(2)18-13-5-6-17-21(13)10(14)3/h5-6,11-12,15H,4,7-8H2,1-3H3,(H,19,22). The summed E-state index contributed by atoms with van der Waals surface area (Å²) in [7, 11) is 0. The first-order valence-corrected chi connectivity index (χ1v) is 7.96. The Labute approximate surface area is 129 Å². The van der Waals surface area contributed by atoms with Crippen LogP contribution >= 0.6 is 0 Å². The highest BCUT2D eigenvalue weighted by Gasteiger charge is 2.51. The summed E-state index contributed by atoms with van der Waals surface area (Å²) >= 11 is 0. The van der Waals surface area contributed by atoms with Crippen LogP contribution in [-0.2, 0) is 0 Å². The lowest BCUT2D eigenvalue weighted by Gasteiger charge is -2.37. The molecule has 2 aromatic heterocycles. The lowest BCUT2D eigenvalue weighted by atomic mass is 9.80. The van der Waals surface area contributed by atoms with Crippen LogP contribution in [0.15, 0.2) is 12.3 Å². The summed E-state index contributed by atoms with van der Waals surface area (Å²) in [6.07, 6.45) is 2.93. The fourth-order valence-electron chi connectivity index (χ4n) is 4.09. The molecule has 5 rings (SSSR count). The zero-order valence-electron chi connectivity index (χ0n) is 13.2. The highest BCUT2D eigenvalue weighted by Crippen LogP contribution is 2.40. The van der Waals surface area contributed by atoms with E-state index in [0.29, 0.717) is 23.6 Å². The summed E-state index contributed by atoms with van der Waals surface area (Å²) in [5.74, 6) is 0.591. The summed E-state index contributed by atoms with van der Waals surface area (Å²) in [6, 6.07) is 2.66. The van der Waals surface area contributed by atoms with Gasteiger partial charge in [-0.2, -0.15) is 5.10 Å². The van der Waals surface area contributed by atoms with Gasteiger partial charge in [0.25, 0.3) is 5.91 Å². The quantitative estimate of drug-likeness (QED) is 0.924. The van der Waals surface area contributed by atoms with E-state index in [9.17, 15) is 4.79 Å². The summed E-state index contributed by atoms with van der Waals surface area (Å²) in [5, 5.41) is 7.49. The highest BCUT2D eigenvalue weighted by atomic mass is 16.1. The molecular formula is C16H21N5O. The van der Waals surface area contributed by atoms with Crippen molar-refractivity contribution in [2.24, 2.45) is 5.92 Å². The van der Waals surface area contributed by atoms with Crippen LogP contribution in [0.4, 0.5) is 0 Å². The molecule has 1 aliphatic carbocycles. The van der Waals surface area contributed by atoms with E-state index in [4.69, 9.17) is 0 Å². The van der Waals surface area contributed by atoms with Crippen molar-refractivity contribution in [1.82, 2.24) is 24.8 Å². The van der Waals surface area contributed by atoms with Gasteiger partial charge in [-0.25, -0.2) is 9.50 Å². The average molecular weight is 299 g/mol. The van der Waals surface area contributed by atoms with Crippen LogP contribution in [0.2, 0.25) is 0 Å². The average Bonchev–Trinajstić information content (AvgIpc) is 3.17. The summed E-state index contributed by atoms with van der Waals surface area (Å²) < 4.78 is 1.73. The maximum absolute atomic E-state index is 12.8. The van der Waals surface area contributed by atoms with Gasteiger partial charge in [0.15, 0.2) is 5.65 Å². The molecular weight excluding hydrogens is 278 g/mol. The molecule has 0 aromatic carbocycles. The van der Waals surface area contributed by atoms with Gasteiger partial charge in [0, 0.05) is 24.7 Å². The van der Waals surface area contributed by atoms with E-state index in [1.807, 2.05) is 19.9 Å². The van der Waals surface area contributed by atoms with Crippen LogP contribution in [0.25, 0.3) is 5.65 Å². The van der Waals surface area contributed by atoms with E-state index in [2.05, 4.69) is 27.2 Å². The Balaban J connectivity index is 1.61. The van der Waals surface area contributed by atoms with Crippen LogP contribution in [0.3, 0.4) is 0 Å². The van der Waals surface area contributed by atoms with Gasteiger partial charge in [0.2, 0.25) is 0 Å². The van der Waals surface area contributed by atoms with Gasteiger partial charge < -0.3 is 5.32 Å². The van der Waals surface area contributed by atoms with Crippen molar-refractivity contribution >= 4 is 11.6 Å². The molecule has 6 heteroatoms. The minimum atomic E-state index is -0.0162. The third-order valence-corrected chi connectivity index (χ3v) is 5.28. The molecule has 0 spiro atoms. The summed E-state index contributed by atoms with van der Waals surface area (Å²) in [4.78, 5) is 19.7. The summed E-state index contributed by atoms with van der Waals surface area (Å²) in [6.45, 7) is 8.18. The zero-order chi connectivity index (χ0) is 15.4. The number of carbonyl (C=O) groups excluding carboxylic acids is 1. The number of amides is 1. The smallest absolute Gasteiger partial charge is 0.255 e. The van der Waals surface area contributed by atoms with Crippen LogP contribution in [-0.4, -0.2) is 50.6 Å². The number of fused-ring (bicyclic) bond motifs is 2. The fraction of sp³-hybridized carbons (Fsp3) is 0.562. The molecule has 3 atom stereocenters.